The molecule has 6 heteroatoms. The number of anilines is 1. The van der Waals surface area contributed by atoms with Crippen molar-refractivity contribution in [1.82, 2.24) is 0 Å². The summed E-state index contributed by atoms with van der Waals surface area (Å²) in [6.07, 6.45) is 0. The summed E-state index contributed by atoms with van der Waals surface area (Å²) in [5.74, 6) is -0.709. The van der Waals surface area contributed by atoms with Crippen LogP contribution in [0.15, 0.2) is 24.3 Å². The molecule has 0 bridgehead atoms. The highest BCUT2D eigenvalue weighted by Gasteiger charge is 2.17. The van der Waals surface area contributed by atoms with Crippen molar-refractivity contribution in [3.63, 3.8) is 0 Å². The highest BCUT2D eigenvalue weighted by Crippen LogP contribution is 2.07. The molecule has 0 unspecified atom stereocenters. The summed E-state index contributed by atoms with van der Waals surface area (Å²) in [5, 5.41) is -0.465. The number of ether oxygens (including phenoxy) is 1. The van der Waals surface area contributed by atoms with Gasteiger partial charge in [-0.05, 0) is 38.1 Å². The summed E-state index contributed by atoms with van der Waals surface area (Å²) < 4.78 is 27.9. The molecule has 0 aromatic heterocycles. The van der Waals surface area contributed by atoms with E-state index in [9.17, 15) is 13.2 Å². The molecule has 0 aliphatic heterocycles. The average molecular weight is 271 g/mol. The van der Waals surface area contributed by atoms with E-state index in [1.165, 1.54) is 12.1 Å². The summed E-state index contributed by atoms with van der Waals surface area (Å²) in [5.41, 5.74) is 6.39. The molecule has 0 heterocycles. The van der Waals surface area contributed by atoms with Crippen LogP contribution >= 0.6 is 0 Å². The summed E-state index contributed by atoms with van der Waals surface area (Å²) in [6, 6.07) is 6.24. The number of sulfone groups is 1. The molecule has 0 fully saturated rings. The zero-order chi connectivity index (χ0) is 13.8. The zero-order valence-corrected chi connectivity index (χ0v) is 11.2. The Morgan fingerprint density at radius 2 is 1.83 bits per heavy atom. The Balaban J connectivity index is 2.50. The number of carbonyl (C=O) groups is 1. The molecule has 0 aliphatic rings. The molecule has 1 rings (SSSR count). The quantitative estimate of drug-likeness (QED) is 0.643. The Bertz CT molecular complexity index is 505. The Labute approximate surface area is 107 Å². The first kappa shape index (κ1) is 14.5. The second-order valence-corrected chi connectivity index (χ2v) is 6.85. The Hall–Kier alpha value is -1.56. The third kappa shape index (κ3) is 4.03. The summed E-state index contributed by atoms with van der Waals surface area (Å²) in [4.78, 5) is 11.6. The molecule has 2 N–H and O–H groups in total. The van der Waals surface area contributed by atoms with Gasteiger partial charge in [-0.2, -0.15) is 0 Å². The van der Waals surface area contributed by atoms with Crippen molar-refractivity contribution in [3.8, 4) is 0 Å². The molecule has 0 aliphatic carbocycles. The molecular formula is C12H17NO4S. The van der Waals surface area contributed by atoms with Gasteiger partial charge in [0.1, 0.15) is 6.61 Å². The van der Waals surface area contributed by atoms with Crippen LogP contribution in [0.25, 0.3) is 0 Å². The van der Waals surface area contributed by atoms with Gasteiger partial charge in [-0.25, -0.2) is 13.2 Å². The molecule has 5 nitrogen and oxygen atoms in total. The smallest absolute Gasteiger partial charge is 0.338 e. The lowest BCUT2D eigenvalue weighted by Gasteiger charge is -2.08. The predicted molar refractivity (Wildman–Crippen MR) is 70.1 cm³/mol. The van der Waals surface area contributed by atoms with E-state index in [0.29, 0.717) is 11.3 Å². The normalized spacial score (nSPS) is 11.5. The van der Waals surface area contributed by atoms with Crippen molar-refractivity contribution < 1.29 is 17.9 Å². The van der Waals surface area contributed by atoms with Gasteiger partial charge < -0.3 is 10.5 Å². The van der Waals surface area contributed by atoms with Gasteiger partial charge >= 0.3 is 5.97 Å². The van der Waals surface area contributed by atoms with E-state index in [4.69, 9.17) is 10.5 Å². The molecule has 18 heavy (non-hydrogen) atoms. The highest BCUT2D eigenvalue weighted by molar-refractivity contribution is 7.91. The molecule has 0 spiro atoms. The minimum atomic E-state index is -3.18. The number of nitrogens with two attached hydrogens (primary N) is 1. The monoisotopic (exact) mass is 271 g/mol. The molecule has 0 atom stereocenters. The van der Waals surface area contributed by atoms with Crippen LogP contribution in [-0.2, 0) is 14.6 Å². The van der Waals surface area contributed by atoms with Crippen molar-refractivity contribution in [1.29, 1.82) is 0 Å². The van der Waals surface area contributed by atoms with Crippen molar-refractivity contribution in [3.05, 3.63) is 29.8 Å². The van der Waals surface area contributed by atoms with E-state index in [1.807, 2.05) is 0 Å². The van der Waals surface area contributed by atoms with Crippen molar-refractivity contribution in [2.45, 2.75) is 19.1 Å². The SMILES string of the molecule is CC(C)S(=O)(=O)CCOC(=O)c1ccc(N)cc1. The number of rotatable bonds is 5. The van der Waals surface area contributed by atoms with Gasteiger partial charge in [0.15, 0.2) is 9.84 Å². The van der Waals surface area contributed by atoms with Crippen molar-refractivity contribution >= 4 is 21.5 Å². The van der Waals surface area contributed by atoms with Crippen LogP contribution in [0.5, 0.6) is 0 Å². The molecule has 0 radical (unpaired) electrons. The maximum Gasteiger partial charge on any atom is 0.338 e. The molecule has 0 saturated heterocycles. The van der Waals surface area contributed by atoms with E-state index in [1.54, 1.807) is 26.0 Å². The van der Waals surface area contributed by atoms with Crippen LogP contribution in [0, 0.1) is 0 Å². The highest BCUT2D eigenvalue weighted by atomic mass is 32.2. The van der Waals surface area contributed by atoms with Crippen LogP contribution in [0.3, 0.4) is 0 Å². The Kier molecular flexibility index (Phi) is 4.72. The van der Waals surface area contributed by atoms with E-state index < -0.39 is 21.1 Å². The van der Waals surface area contributed by atoms with Gasteiger partial charge in [-0.3, -0.25) is 0 Å². The van der Waals surface area contributed by atoms with Crippen molar-refractivity contribution in [2.75, 3.05) is 18.1 Å². The fourth-order valence-electron chi connectivity index (χ4n) is 1.19. The van der Waals surface area contributed by atoms with Crippen LogP contribution in [0.1, 0.15) is 24.2 Å². The minimum absolute atomic E-state index is 0.135. The second-order valence-electron chi connectivity index (χ2n) is 4.17. The second kappa shape index (κ2) is 5.86. The van der Waals surface area contributed by atoms with E-state index in [2.05, 4.69) is 0 Å². The Morgan fingerprint density at radius 3 is 2.33 bits per heavy atom. The predicted octanol–water partition coefficient (Wildman–Crippen LogP) is 1.25. The maximum atomic E-state index is 11.6. The van der Waals surface area contributed by atoms with Crippen molar-refractivity contribution in [2.24, 2.45) is 0 Å². The number of carbonyl (C=O) groups excluding carboxylic acids is 1. The first-order chi connectivity index (χ1) is 8.33. The van der Waals surface area contributed by atoms with Crippen LogP contribution in [0.2, 0.25) is 0 Å². The average Bonchev–Trinajstić information content (AvgIpc) is 2.29. The molecule has 100 valence electrons. The topological polar surface area (TPSA) is 86.5 Å². The minimum Gasteiger partial charge on any atom is -0.461 e. The molecule has 1 aromatic carbocycles. The molecule has 0 saturated carbocycles. The lowest BCUT2D eigenvalue weighted by molar-refractivity contribution is 0.0529. The standard InChI is InChI=1S/C12H17NO4S/c1-9(2)18(15,16)8-7-17-12(14)10-3-5-11(13)6-4-10/h3-6,9H,7-8,13H2,1-2H3. The molecule has 0 amide bonds. The van der Waals surface area contributed by atoms with Crippen LogP contribution < -0.4 is 5.73 Å². The van der Waals surface area contributed by atoms with Gasteiger partial charge in [0.25, 0.3) is 0 Å². The number of nitrogen functional groups attached to an aromatic ring is 1. The number of hydrogen-bond acceptors (Lipinski definition) is 5. The maximum absolute atomic E-state index is 11.6. The van der Waals surface area contributed by atoms with E-state index in [-0.39, 0.29) is 12.4 Å². The number of benzene rings is 1. The van der Waals surface area contributed by atoms with Crippen LogP contribution in [0.4, 0.5) is 5.69 Å². The fraction of sp³-hybridized carbons (Fsp3) is 0.417. The third-order valence-corrected chi connectivity index (χ3v) is 4.64. The van der Waals surface area contributed by atoms with Gasteiger partial charge in [0, 0.05) is 5.69 Å². The first-order valence-corrected chi connectivity index (χ1v) is 7.28. The van der Waals surface area contributed by atoms with Gasteiger partial charge in [-0.15, -0.1) is 0 Å². The van der Waals surface area contributed by atoms with Crippen LogP contribution in [-0.4, -0.2) is 32.0 Å². The Morgan fingerprint density at radius 1 is 1.28 bits per heavy atom. The number of hydrogen-bond donors (Lipinski definition) is 1. The zero-order valence-electron chi connectivity index (χ0n) is 10.4. The molecule has 1 aromatic rings. The largest absolute Gasteiger partial charge is 0.461 e. The third-order valence-electron chi connectivity index (χ3n) is 2.47. The lowest BCUT2D eigenvalue weighted by Crippen LogP contribution is -2.22. The van der Waals surface area contributed by atoms with Gasteiger partial charge in [0.05, 0.1) is 16.6 Å². The van der Waals surface area contributed by atoms with Gasteiger partial charge in [-0.1, -0.05) is 0 Å². The fourth-order valence-corrected chi connectivity index (χ4v) is 1.98. The summed E-state index contributed by atoms with van der Waals surface area (Å²) in [7, 11) is -3.18. The number of esters is 1. The first-order valence-electron chi connectivity index (χ1n) is 5.57. The summed E-state index contributed by atoms with van der Waals surface area (Å²) >= 11 is 0. The van der Waals surface area contributed by atoms with Gasteiger partial charge in [0.2, 0.25) is 0 Å². The van der Waals surface area contributed by atoms with E-state index >= 15 is 0 Å². The summed E-state index contributed by atoms with van der Waals surface area (Å²) in [6.45, 7) is 3.05. The molecular weight excluding hydrogens is 254 g/mol. The lowest BCUT2D eigenvalue weighted by atomic mass is 10.2. The van der Waals surface area contributed by atoms with E-state index in [0.717, 1.165) is 0 Å².